The van der Waals surface area contributed by atoms with E-state index >= 15 is 0 Å². The molecule has 1 unspecified atom stereocenters. The van der Waals surface area contributed by atoms with Crippen molar-refractivity contribution in [2.75, 3.05) is 0 Å². The first-order chi connectivity index (χ1) is 15.4. The Morgan fingerprint density at radius 2 is 0.969 bits per heavy atom. The van der Waals surface area contributed by atoms with E-state index in [1.165, 1.54) is 89.9 Å². The summed E-state index contributed by atoms with van der Waals surface area (Å²) in [5.41, 5.74) is 0. The smallest absolute Gasteiger partial charge is 0.226 e. The molecule has 1 aliphatic heterocycles. The van der Waals surface area contributed by atoms with Gasteiger partial charge in [-0.2, -0.15) is 0 Å². The van der Waals surface area contributed by atoms with E-state index < -0.39 is 0 Å². The third-order valence-corrected chi connectivity index (χ3v) is 7.74. The van der Waals surface area contributed by atoms with Crippen LogP contribution in [0, 0.1) is 0 Å². The summed E-state index contributed by atoms with van der Waals surface area (Å²) in [5.74, 6) is -0.221. The summed E-state index contributed by atoms with van der Waals surface area (Å²) in [7, 11) is 6.98. The van der Waals surface area contributed by atoms with E-state index in [2.05, 4.69) is 40.6 Å². The molecule has 6 heteroatoms. The molecule has 2 amide bonds. The second-order valence-corrected chi connectivity index (χ2v) is 11.3. The van der Waals surface area contributed by atoms with Crippen LogP contribution >= 0.6 is 0 Å². The number of carbonyl (C=O) groups excluding carboxylic acids is 2. The van der Waals surface area contributed by atoms with Gasteiger partial charge >= 0.3 is 0 Å². The van der Waals surface area contributed by atoms with Crippen LogP contribution < -0.4 is 5.32 Å². The molecule has 1 saturated carbocycles. The highest BCUT2D eigenvalue weighted by atomic mass is 16.2. The van der Waals surface area contributed by atoms with Crippen molar-refractivity contribution in [1.82, 2.24) is 5.32 Å². The van der Waals surface area contributed by atoms with Gasteiger partial charge in [-0.1, -0.05) is 134 Å². The maximum absolute atomic E-state index is 12.5. The molecule has 0 aromatic rings. The molecule has 1 saturated heterocycles. The van der Waals surface area contributed by atoms with Gasteiger partial charge in [0.15, 0.2) is 0 Å². The van der Waals surface area contributed by atoms with Gasteiger partial charge < -0.3 is 0 Å². The predicted molar refractivity (Wildman–Crippen MR) is 139 cm³/mol. The fraction of sp³-hybridized carbons (Fsp3) is 0.923. The fourth-order valence-electron chi connectivity index (χ4n) is 5.48. The van der Waals surface area contributed by atoms with Gasteiger partial charge in [0.2, 0.25) is 11.8 Å². The fourth-order valence-corrected chi connectivity index (χ4v) is 5.48. The number of rotatable bonds is 4. The second kappa shape index (κ2) is 15.3. The SMILES string of the molecule is CC1([B][B][B]C2(C)CCCCCCCC(=O)NC(=O)C2)CCCCCCCCCCCC1. The van der Waals surface area contributed by atoms with Crippen LogP contribution in [0.1, 0.15) is 142 Å². The minimum atomic E-state index is -0.181. The molecule has 3 radical (unpaired) electrons. The second-order valence-electron chi connectivity index (χ2n) is 11.3. The Morgan fingerprint density at radius 1 is 0.562 bits per heavy atom. The highest BCUT2D eigenvalue weighted by molar-refractivity contribution is 7.30. The lowest BCUT2D eigenvalue weighted by Gasteiger charge is -2.33. The van der Waals surface area contributed by atoms with Crippen LogP contribution in [-0.2, 0) is 9.59 Å². The van der Waals surface area contributed by atoms with Gasteiger partial charge in [0.05, 0.1) is 14.3 Å². The van der Waals surface area contributed by atoms with Crippen LogP contribution in [0.2, 0.25) is 10.6 Å². The molecule has 177 valence electrons. The van der Waals surface area contributed by atoms with Crippen LogP contribution in [0.3, 0.4) is 0 Å². The molecule has 1 aliphatic carbocycles. The largest absolute Gasteiger partial charge is 0.296 e. The van der Waals surface area contributed by atoms with Gasteiger partial charge in [-0.3, -0.25) is 14.9 Å². The first-order valence-electron chi connectivity index (χ1n) is 13.8. The third kappa shape index (κ3) is 12.0. The molecule has 0 aromatic heterocycles. The first-order valence-corrected chi connectivity index (χ1v) is 13.8. The number of hydrogen-bond acceptors (Lipinski definition) is 2. The normalized spacial score (nSPS) is 27.8. The van der Waals surface area contributed by atoms with Crippen molar-refractivity contribution in [3.63, 3.8) is 0 Å². The van der Waals surface area contributed by atoms with Crippen LogP contribution in [0.5, 0.6) is 0 Å². The Hall–Kier alpha value is -0.665. The average Bonchev–Trinajstić information content (AvgIpc) is 2.74. The molecule has 0 aromatic carbocycles. The summed E-state index contributed by atoms with van der Waals surface area (Å²) in [5, 5.41) is 2.70. The van der Waals surface area contributed by atoms with Gasteiger partial charge in [0, 0.05) is 19.9 Å². The zero-order valence-electron chi connectivity index (χ0n) is 21.2. The molecule has 0 bridgehead atoms. The maximum Gasteiger partial charge on any atom is 0.226 e. The lowest BCUT2D eigenvalue weighted by atomic mass is 9.09. The monoisotopic (exact) mass is 438 g/mol. The van der Waals surface area contributed by atoms with Crippen molar-refractivity contribution in [2.45, 2.75) is 153 Å². The molecular formula is C26H47B3NO2. The average molecular weight is 438 g/mol. The molecule has 1 heterocycles. The molecule has 32 heavy (non-hydrogen) atoms. The van der Waals surface area contributed by atoms with E-state index in [-0.39, 0.29) is 22.4 Å². The van der Waals surface area contributed by atoms with E-state index in [0.717, 1.165) is 25.7 Å². The van der Waals surface area contributed by atoms with E-state index in [9.17, 15) is 9.59 Å². The lowest BCUT2D eigenvalue weighted by Crippen LogP contribution is -2.37. The molecule has 3 nitrogen and oxygen atoms in total. The minimum Gasteiger partial charge on any atom is -0.296 e. The Bertz CT molecular complexity index is 543. The molecule has 1 atom stereocenters. The minimum absolute atomic E-state index is 0.106. The summed E-state index contributed by atoms with van der Waals surface area (Å²) in [6, 6.07) is 0. The van der Waals surface area contributed by atoms with Gasteiger partial charge in [0.25, 0.3) is 0 Å². The lowest BCUT2D eigenvalue weighted by molar-refractivity contribution is -0.130. The van der Waals surface area contributed by atoms with E-state index in [4.69, 9.17) is 0 Å². The highest BCUT2D eigenvalue weighted by Crippen LogP contribution is 2.39. The Balaban J connectivity index is 1.89. The van der Waals surface area contributed by atoms with E-state index in [1.807, 2.05) is 0 Å². The molecule has 2 fully saturated rings. The number of hydrogen-bond donors (Lipinski definition) is 1. The topological polar surface area (TPSA) is 46.2 Å². The number of carbonyl (C=O) groups is 2. The predicted octanol–water partition coefficient (Wildman–Crippen LogP) is 6.76. The first kappa shape index (κ1) is 27.6. The molecule has 0 spiro atoms. The third-order valence-electron chi connectivity index (χ3n) is 7.74. The van der Waals surface area contributed by atoms with Crippen LogP contribution in [-0.4, -0.2) is 33.2 Å². The van der Waals surface area contributed by atoms with Gasteiger partial charge in [-0.05, 0) is 6.42 Å². The van der Waals surface area contributed by atoms with E-state index in [1.54, 1.807) is 0 Å². The summed E-state index contributed by atoms with van der Waals surface area (Å²) in [6.45, 7) is 4.63. The van der Waals surface area contributed by atoms with Crippen molar-refractivity contribution >= 4 is 33.2 Å². The van der Waals surface area contributed by atoms with Crippen molar-refractivity contribution in [2.24, 2.45) is 0 Å². The van der Waals surface area contributed by atoms with E-state index in [0.29, 0.717) is 12.8 Å². The number of nitrogens with one attached hydrogen (secondary N) is 1. The number of imide groups is 1. The highest BCUT2D eigenvalue weighted by Gasteiger charge is 2.31. The molecule has 2 rings (SSSR count). The van der Waals surface area contributed by atoms with Crippen LogP contribution in [0.15, 0.2) is 0 Å². The number of amides is 2. The van der Waals surface area contributed by atoms with Gasteiger partial charge in [0.1, 0.15) is 0 Å². The molecule has 1 N–H and O–H groups in total. The molecule has 2 aliphatic rings. The zero-order valence-corrected chi connectivity index (χ0v) is 21.2. The zero-order chi connectivity index (χ0) is 23.1. The summed E-state index contributed by atoms with van der Waals surface area (Å²) >= 11 is 0. The Labute approximate surface area is 201 Å². The van der Waals surface area contributed by atoms with Crippen LogP contribution in [0.4, 0.5) is 0 Å². The Kier molecular flexibility index (Phi) is 13.2. The van der Waals surface area contributed by atoms with Gasteiger partial charge in [-0.25, -0.2) is 0 Å². The van der Waals surface area contributed by atoms with Crippen molar-refractivity contribution in [3.05, 3.63) is 0 Å². The van der Waals surface area contributed by atoms with Gasteiger partial charge in [-0.15, -0.1) is 0 Å². The molecular weight excluding hydrogens is 391 g/mol. The van der Waals surface area contributed by atoms with Crippen LogP contribution in [0.25, 0.3) is 0 Å². The summed E-state index contributed by atoms with van der Waals surface area (Å²) in [6.07, 6.45) is 23.7. The summed E-state index contributed by atoms with van der Waals surface area (Å²) < 4.78 is 0. The van der Waals surface area contributed by atoms with Crippen molar-refractivity contribution in [3.8, 4) is 0 Å². The summed E-state index contributed by atoms with van der Waals surface area (Å²) in [4.78, 5) is 24.5. The standard InChI is InChI=1S/C26H47B3NO2/c1-25(19-15-11-7-5-3-4-6-8-12-16-20-25)27-29-28-26(2)21-17-13-9-10-14-18-23(31)30-24(32)22-26/h3-22H2,1-2H3,(H,30,31,32). The quantitative estimate of drug-likeness (QED) is 0.390. The Morgan fingerprint density at radius 3 is 1.50 bits per heavy atom. The van der Waals surface area contributed by atoms with Crippen molar-refractivity contribution < 1.29 is 9.59 Å². The van der Waals surface area contributed by atoms with Crippen molar-refractivity contribution in [1.29, 1.82) is 0 Å². The maximum atomic E-state index is 12.5.